The summed E-state index contributed by atoms with van der Waals surface area (Å²) in [6, 6.07) is 3.70. The van der Waals surface area contributed by atoms with Gasteiger partial charge in [-0.25, -0.2) is 28.7 Å². The van der Waals surface area contributed by atoms with Crippen LogP contribution in [0.25, 0.3) is 0 Å². The number of nitrogens with one attached hydrogen (secondary N) is 2. The second-order valence-corrected chi connectivity index (χ2v) is 4.73. The molecule has 0 fully saturated rings. The molecule has 126 valence electrons. The molecule has 0 aliphatic carbocycles. The molecule has 6 nitrogen and oxygen atoms in total. The number of hydrogen-bond acceptors (Lipinski definition) is 6. The molecule has 1 aromatic carbocycles. The van der Waals surface area contributed by atoms with Crippen LogP contribution < -0.4 is 10.1 Å². The second kappa shape index (κ2) is 8.04. The highest BCUT2D eigenvalue weighted by atomic mass is 19.3. The molecule has 0 amide bonds. The van der Waals surface area contributed by atoms with E-state index in [2.05, 4.69) is 20.4 Å². The number of halogens is 3. The first-order chi connectivity index (χ1) is 11.5. The predicted molar refractivity (Wildman–Crippen MR) is 80.5 cm³/mol. The minimum atomic E-state index is -2.92. The zero-order chi connectivity index (χ0) is 17.5. The van der Waals surface area contributed by atoms with Crippen molar-refractivity contribution in [1.82, 2.24) is 9.97 Å². The number of alkyl halides is 2. The topological polar surface area (TPSA) is 83.2 Å². The van der Waals surface area contributed by atoms with Gasteiger partial charge in [-0.1, -0.05) is 12.1 Å². The predicted octanol–water partition coefficient (Wildman–Crippen LogP) is 4.22. The van der Waals surface area contributed by atoms with Gasteiger partial charge in [0.2, 0.25) is 0 Å². The van der Waals surface area contributed by atoms with Gasteiger partial charge in [0.25, 0.3) is 6.43 Å². The lowest BCUT2D eigenvalue weighted by Gasteiger charge is -2.08. The molecular weight excluding hydrogens is 323 g/mol. The average Bonchev–Trinajstić information content (AvgIpc) is 2.57. The molecule has 0 aliphatic heterocycles. The number of ether oxygens (including phenoxy) is 1. The van der Waals surface area contributed by atoms with E-state index >= 15 is 0 Å². The fraction of sp³-hybridized carbons (Fsp3) is 0.200. The molecule has 2 N–H and O–H groups in total. The molecule has 0 saturated heterocycles. The fourth-order valence-corrected chi connectivity index (χ4v) is 1.69. The zero-order valence-corrected chi connectivity index (χ0v) is 12.6. The number of rotatable bonds is 7. The Bertz CT molecular complexity index is 734. The number of nitrogens with zero attached hydrogens (tertiary/aromatic N) is 3. The van der Waals surface area contributed by atoms with Crippen molar-refractivity contribution in [3.8, 4) is 6.01 Å². The standard InChI is InChI=1S/C15H14F3N5O/c1-9-5-21-15(22-6-9)24-8-10(23-19)7-20-12-4-2-3-11(13(12)16)14(17)18/h2-7,14,19-20H,8H2,1H3/b10-7-,23-19?. The molecule has 2 rings (SSSR count). The molecule has 0 aliphatic rings. The smallest absolute Gasteiger partial charge is 0.316 e. The Labute approximate surface area is 135 Å². The number of aromatic nitrogens is 2. The van der Waals surface area contributed by atoms with Crippen molar-refractivity contribution >= 4 is 5.69 Å². The summed E-state index contributed by atoms with van der Waals surface area (Å²) in [5.74, 6) is -1.06. The first kappa shape index (κ1) is 17.4. The summed E-state index contributed by atoms with van der Waals surface area (Å²) >= 11 is 0. The van der Waals surface area contributed by atoms with Crippen molar-refractivity contribution in [2.24, 2.45) is 5.11 Å². The molecule has 0 atom stereocenters. The van der Waals surface area contributed by atoms with Crippen molar-refractivity contribution < 1.29 is 17.9 Å². The molecule has 1 aromatic heterocycles. The SMILES string of the molecule is Cc1cnc(OC/C(=C/Nc2cccc(C(F)F)c2F)N=N)nc1. The van der Waals surface area contributed by atoms with Crippen LogP contribution in [0.2, 0.25) is 0 Å². The molecule has 2 aromatic rings. The molecule has 0 spiro atoms. The van der Waals surface area contributed by atoms with E-state index < -0.39 is 17.8 Å². The Morgan fingerprint density at radius 3 is 2.71 bits per heavy atom. The molecular formula is C15H14F3N5O. The van der Waals surface area contributed by atoms with E-state index in [0.29, 0.717) is 0 Å². The van der Waals surface area contributed by atoms with E-state index in [4.69, 9.17) is 10.3 Å². The van der Waals surface area contributed by atoms with Crippen molar-refractivity contribution in [1.29, 1.82) is 5.53 Å². The van der Waals surface area contributed by atoms with Crippen LogP contribution in [0, 0.1) is 18.3 Å². The van der Waals surface area contributed by atoms with Crippen LogP contribution in [0.3, 0.4) is 0 Å². The van der Waals surface area contributed by atoms with Gasteiger partial charge in [0.05, 0.1) is 11.3 Å². The molecule has 24 heavy (non-hydrogen) atoms. The van der Waals surface area contributed by atoms with Gasteiger partial charge < -0.3 is 10.1 Å². The Kier molecular flexibility index (Phi) is 5.83. The Morgan fingerprint density at radius 2 is 2.08 bits per heavy atom. The average molecular weight is 337 g/mol. The van der Waals surface area contributed by atoms with Crippen LogP contribution in [0.5, 0.6) is 6.01 Å². The van der Waals surface area contributed by atoms with Gasteiger partial charge in [0.15, 0.2) is 5.82 Å². The highest BCUT2D eigenvalue weighted by Gasteiger charge is 2.15. The minimum absolute atomic E-state index is 0.0982. The van der Waals surface area contributed by atoms with Crippen LogP contribution in [0.15, 0.2) is 47.6 Å². The monoisotopic (exact) mass is 337 g/mol. The summed E-state index contributed by atoms with van der Waals surface area (Å²) in [6.07, 6.45) is 1.40. The highest BCUT2D eigenvalue weighted by Crippen LogP contribution is 2.26. The van der Waals surface area contributed by atoms with Crippen LogP contribution in [-0.4, -0.2) is 16.6 Å². The van der Waals surface area contributed by atoms with Crippen molar-refractivity contribution in [2.45, 2.75) is 13.3 Å². The van der Waals surface area contributed by atoms with E-state index in [9.17, 15) is 13.2 Å². The quantitative estimate of drug-likeness (QED) is 0.741. The lowest BCUT2D eigenvalue weighted by Crippen LogP contribution is -2.05. The summed E-state index contributed by atoms with van der Waals surface area (Å²) in [6.45, 7) is 1.68. The zero-order valence-electron chi connectivity index (χ0n) is 12.6. The minimum Gasteiger partial charge on any atom is -0.457 e. The van der Waals surface area contributed by atoms with E-state index in [1.165, 1.54) is 18.3 Å². The third-order valence-corrected chi connectivity index (χ3v) is 2.91. The largest absolute Gasteiger partial charge is 0.457 e. The first-order valence-electron chi connectivity index (χ1n) is 6.82. The lowest BCUT2D eigenvalue weighted by molar-refractivity contribution is 0.146. The van der Waals surface area contributed by atoms with Crippen molar-refractivity contribution in [2.75, 3.05) is 11.9 Å². The van der Waals surface area contributed by atoms with E-state index in [1.807, 2.05) is 6.92 Å². The molecule has 0 bridgehead atoms. The van der Waals surface area contributed by atoms with Gasteiger partial charge in [-0.3, -0.25) is 0 Å². The summed E-state index contributed by atoms with van der Waals surface area (Å²) < 4.78 is 44.4. The van der Waals surface area contributed by atoms with Gasteiger partial charge in [0.1, 0.15) is 12.3 Å². The van der Waals surface area contributed by atoms with Gasteiger partial charge in [-0.15, -0.1) is 0 Å². The first-order valence-corrected chi connectivity index (χ1v) is 6.82. The molecule has 0 radical (unpaired) electrons. The van der Waals surface area contributed by atoms with Crippen LogP contribution in [0.4, 0.5) is 18.9 Å². The van der Waals surface area contributed by atoms with Crippen LogP contribution >= 0.6 is 0 Å². The second-order valence-electron chi connectivity index (χ2n) is 4.73. The molecule has 9 heteroatoms. The summed E-state index contributed by atoms with van der Waals surface area (Å²) in [4.78, 5) is 7.84. The number of anilines is 1. The van der Waals surface area contributed by atoms with E-state index in [1.54, 1.807) is 12.4 Å². The third-order valence-electron chi connectivity index (χ3n) is 2.91. The van der Waals surface area contributed by atoms with Gasteiger partial charge in [-0.2, -0.15) is 5.11 Å². The van der Waals surface area contributed by atoms with Crippen LogP contribution in [-0.2, 0) is 0 Å². The molecule has 0 saturated carbocycles. The third kappa shape index (κ3) is 4.51. The van der Waals surface area contributed by atoms with E-state index in [0.717, 1.165) is 11.6 Å². The van der Waals surface area contributed by atoms with Crippen LogP contribution in [0.1, 0.15) is 17.6 Å². The molecule has 1 heterocycles. The Hall–Kier alpha value is -2.97. The fourth-order valence-electron chi connectivity index (χ4n) is 1.69. The summed E-state index contributed by atoms with van der Waals surface area (Å²) in [5, 5.41) is 5.72. The summed E-state index contributed by atoms with van der Waals surface area (Å²) in [7, 11) is 0. The highest BCUT2D eigenvalue weighted by molar-refractivity contribution is 5.50. The van der Waals surface area contributed by atoms with Crippen molar-refractivity contribution in [3.05, 3.63) is 59.4 Å². The van der Waals surface area contributed by atoms with Gasteiger partial charge in [-0.05, 0) is 18.6 Å². The lowest BCUT2D eigenvalue weighted by atomic mass is 10.2. The molecule has 0 unspecified atom stereocenters. The summed E-state index contributed by atoms with van der Waals surface area (Å²) in [5.41, 5.74) is 7.17. The number of hydrogen-bond donors (Lipinski definition) is 2. The maximum absolute atomic E-state index is 13.9. The van der Waals surface area contributed by atoms with Gasteiger partial charge in [0, 0.05) is 18.6 Å². The number of aryl methyl sites for hydroxylation is 1. The number of benzene rings is 1. The van der Waals surface area contributed by atoms with E-state index in [-0.39, 0.29) is 24.0 Å². The van der Waals surface area contributed by atoms with Crippen molar-refractivity contribution in [3.63, 3.8) is 0 Å². The maximum Gasteiger partial charge on any atom is 0.316 e. The maximum atomic E-state index is 13.9. The Balaban J connectivity index is 2.04. The normalized spacial score (nSPS) is 11.5. The van der Waals surface area contributed by atoms with Gasteiger partial charge >= 0.3 is 6.01 Å². The Morgan fingerprint density at radius 1 is 1.38 bits per heavy atom.